The summed E-state index contributed by atoms with van der Waals surface area (Å²) in [6.07, 6.45) is 1.94. The van der Waals surface area contributed by atoms with E-state index in [1.54, 1.807) is 19.1 Å². The van der Waals surface area contributed by atoms with Gasteiger partial charge in [0.05, 0.1) is 5.92 Å². The lowest BCUT2D eigenvalue weighted by molar-refractivity contribution is -0.141. The zero-order chi connectivity index (χ0) is 12.8. The van der Waals surface area contributed by atoms with E-state index in [-0.39, 0.29) is 5.91 Å². The molecule has 1 amide bonds. The average Bonchev–Trinajstić information content (AvgIpc) is 2.29. The summed E-state index contributed by atoms with van der Waals surface area (Å²) in [6.45, 7) is 1.93. The van der Waals surface area contributed by atoms with Crippen molar-refractivity contribution in [2.24, 2.45) is 5.92 Å². The second-order valence-electron chi connectivity index (χ2n) is 3.65. The van der Waals surface area contributed by atoms with Crippen LogP contribution in [0, 0.1) is 5.92 Å². The van der Waals surface area contributed by atoms with E-state index in [1.165, 1.54) is 6.20 Å². The van der Waals surface area contributed by atoms with Crippen LogP contribution in [-0.2, 0) is 4.79 Å². The maximum atomic E-state index is 11.6. The van der Waals surface area contributed by atoms with Gasteiger partial charge in [-0.3, -0.25) is 9.59 Å². The fourth-order valence-electron chi connectivity index (χ4n) is 1.13. The summed E-state index contributed by atoms with van der Waals surface area (Å²) in [5, 5.41) is 11.3. The molecule has 2 N–H and O–H groups in total. The van der Waals surface area contributed by atoms with E-state index in [2.05, 4.69) is 26.2 Å². The number of hydrogen-bond donors (Lipinski definition) is 2. The largest absolute Gasteiger partial charge is 0.481 e. The highest BCUT2D eigenvalue weighted by Gasteiger charge is 2.11. The highest BCUT2D eigenvalue weighted by Crippen LogP contribution is 2.07. The minimum Gasteiger partial charge on any atom is -0.481 e. The topological polar surface area (TPSA) is 79.3 Å². The lowest BCUT2D eigenvalue weighted by Crippen LogP contribution is -2.27. The maximum absolute atomic E-state index is 11.6. The quantitative estimate of drug-likeness (QED) is 0.867. The summed E-state index contributed by atoms with van der Waals surface area (Å²) in [6, 6.07) is 3.32. The molecule has 0 aliphatic heterocycles. The van der Waals surface area contributed by atoms with Gasteiger partial charge in [0.15, 0.2) is 0 Å². The molecule has 1 heterocycles. The van der Waals surface area contributed by atoms with E-state index in [1.807, 2.05) is 0 Å². The lowest BCUT2D eigenvalue weighted by atomic mass is 10.1. The Kier molecular flexibility index (Phi) is 5.09. The number of pyridine rings is 1. The number of carbonyl (C=O) groups excluding carboxylic acids is 1. The van der Waals surface area contributed by atoms with Gasteiger partial charge >= 0.3 is 5.97 Å². The Morgan fingerprint density at radius 3 is 2.76 bits per heavy atom. The molecule has 0 aromatic carbocycles. The first-order valence-electron chi connectivity index (χ1n) is 5.13. The van der Waals surface area contributed by atoms with Crippen LogP contribution in [0.5, 0.6) is 0 Å². The molecule has 0 spiro atoms. The number of amides is 1. The second kappa shape index (κ2) is 6.34. The lowest BCUT2D eigenvalue weighted by Gasteiger charge is -2.07. The fraction of sp³-hybridized carbons (Fsp3) is 0.364. The van der Waals surface area contributed by atoms with E-state index >= 15 is 0 Å². The number of carboxylic acids is 1. The average molecular weight is 301 g/mol. The van der Waals surface area contributed by atoms with E-state index in [9.17, 15) is 9.59 Å². The zero-order valence-corrected chi connectivity index (χ0v) is 10.9. The summed E-state index contributed by atoms with van der Waals surface area (Å²) in [5.74, 6) is -1.62. The van der Waals surface area contributed by atoms with Crippen LogP contribution in [-0.4, -0.2) is 28.5 Å². The number of carboxylic acid groups (broad SMARTS) is 1. The van der Waals surface area contributed by atoms with Gasteiger partial charge in [0.25, 0.3) is 5.91 Å². The van der Waals surface area contributed by atoms with Gasteiger partial charge < -0.3 is 10.4 Å². The van der Waals surface area contributed by atoms with Crippen LogP contribution >= 0.6 is 15.9 Å². The van der Waals surface area contributed by atoms with Crippen molar-refractivity contribution in [3.8, 4) is 0 Å². The first-order chi connectivity index (χ1) is 8.00. The molecule has 1 rings (SSSR count). The molecule has 1 unspecified atom stereocenters. The van der Waals surface area contributed by atoms with Crippen LogP contribution in [0.4, 0.5) is 0 Å². The third kappa shape index (κ3) is 4.52. The molecule has 17 heavy (non-hydrogen) atoms. The number of halogens is 1. The Morgan fingerprint density at radius 1 is 1.53 bits per heavy atom. The van der Waals surface area contributed by atoms with E-state index in [0.717, 1.165) is 4.47 Å². The van der Waals surface area contributed by atoms with Crippen molar-refractivity contribution in [3.05, 3.63) is 28.5 Å². The van der Waals surface area contributed by atoms with Crippen molar-refractivity contribution in [1.29, 1.82) is 0 Å². The number of nitrogens with zero attached hydrogens (tertiary/aromatic N) is 1. The molecule has 0 aliphatic rings. The molecule has 1 aromatic heterocycles. The van der Waals surface area contributed by atoms with Crippen molar-refractivity contribution in [2.45, 2.75) is 13.3 Å². The van der Waals surface area contributed by atoms with E-state index in [4.69, 9.17) is 5.11 Å². The normalized spacial score (nSPS) is 11.9. The molecule has 0 saturated heterocycles. The fourth-order valence-corrected chi connectivity index (χ4v) is 1.36. The first-order valence-corrected chi connectivity index (χ1v) is 5.92. The van der Waals surface area contributed by atoms with Gasteiger partial charge in [-0.05, 0) is 34.5 Å². The van der Waals surface area contributed by atoms with Crippen molar-refractivity contribution >= 4 is 27.8 Å². The molecule has 0 saturated carbocycles. The molecule has 0 radical (unpaired) electrons. The van der Waals surface area contributed by atoms with Crippen molar-refractivity contribution in [2.75, 3.05) is 6.54 Å². The highest BCUT2D eigenvalue weighted by atomic mass is 79.9. The van der Waals surface area contributed by atoms with Crippen molar-refractivity contribution in [3.63, 3.8) is 0 Å². The Morgan fingerprint density at radius 2 is 2.24 bits per heavy atom. The summed E-state index contributed by atoms with van der Waals surface area (Å²) in [7, 11) is 0. The molecule has 1 aromatic rings. The molecule has 0 fully saturated rings. The number of rotatable bonds is 5. The number of nitrogens with one attached hydrogen (secondary N) is 1. The summed E-state index contributed by atoms with van der Waals surface area (Å²) in [4.78, 5) is 26.1. The Bertz CT molecular complexity index is 406. The third-order valence-corrected chi connectivity index (χ3v) is 2.71. The van der Waals surface area contributed by atoms with E-state index in [0.29, 0.717) is 18.7 Å². The van der Waals surface area contributed by atoms with Crippen LogP contribution in [0.25, 0.3) is 0 Å². The Balaban J connectivity index is 2.40. The van der Waals surface area contributed by atoms with Crippen molar-refractivity contribution < 1.29 is 14.7 Å². The third-order valence-electron chi connectivity index (χ3n) is 2.24. The van der Waals surface area contributed by atoms with E-state index < -0.39 is 11.9 Å². The number of aromatic nitrogens is 1. The highest BCUT2D eigenvalue weighted by molar-refractivity contribution is 9.10. The molecule has 0 bridgehead atoms. The molecule has 0 aliphatic carbocycles. The minimum absolute atomic E-state index is 0.296. The van der Waals surface area contributed by atoms with Crippen LogP contribution in [0.15, 0.2) is 22.8 Å². The Labute approximate surface area is 107 Å². The molecule has 5 nitrogen and oxygen atoms in total. The van der Waals surface area contributed by atoms with Gasteiger partial charge in [-0.2, -0.15) is 0 Å². The SMILES string of the molecule is CC(CCNC(=O)c1ccc(Br)cn1)C(=O)O. The Hall–Kier alpha value is -1.43. The molecule has 1 atom stereocenters. The number of aliphatic carboxylic acids is 1. The second-order valence-corrected chi connectivity index (χ2v) is 4.56. The minimum atomic E-state index is -0.860. The number of hydrogen-bond acceptors (Lipinski definition) is 3. The molecular formula is C11H13BrN2O3. The van der Waals surface area contributed by atoms with Gasteiger partial charge in [0.2, 0.25) is 0 Å². The molecule has 92 valence electrons. The van der Waals surface area contributed by atoms with Crippen LogP contribution in [0.1, 0.15) is 23.8 Å². The van der Waals surface area contributed by atoms with Crippen LogP contribution in [0.3, 0.4) is 0 Å². The standard InChI is InChI=1S/C11H13BrN2O3/c1-7(11(16)17)4-5-13-10(15)9-3-2-8(12)6-14-9/h2-3,6-7H,4-5H2,1H3,(H,13,15)(H,16,17). The van der Waals surface area contributed by atoms with Gasteiger partial charge in [-0.15, -0.1) is 0 Å². The van der Waals surface area contributed by atoms with Crippen LogP contribution < -0.4 is 5.32 Å². The zero-order valence-electron chi connectivity index (χ0n) is 9.31. The predicted octanol–water partition coefficient (Wildman–Crippen LogP) is 1.68. The van der Waals surface area contributed by atoms with Crippen LogP contribution in [0.2, 0.25) is 0 Å². The summed E-state index contributed by atoms with van der Waals surface area (Å²) in [5.41, 5.74) is 0.316. The van der Waals surface area contributed by atoms with Gasteiger partial charge in [0, 0.05) is 17.2 Å². The number of carbonyl (C=O) groups is 2. The predicted molar refractivity (Wildman–Crippen MR) is 65.7 cm³/mol. The molecular weight excluding hydrogens is 288 g/mol. The smallest absolute Gasteiger partial charge is 0.306 e. The summed E-state index contributed by atoms with van der Waals surface area (Å²) < 4.78 is 0.800. The monoisotopic (exact) mass is 300 g/mol. The first kappa shape index (κ1) is 13.6. The summed E-state index contributed by atoms with van der Waals surface area (Å²) >= 11 is 3.22. The van der Waals surface area contributed by atoms with Gasteiger partial charge in [0.1, 0.15) is 5.69 Å². The van der Waals surface area contributed by atoms with Gasteiger partial charge in [-0.1, -0.05) is 6.92 Å². The van der Waals surface area contributed by atoms with Gasteiger partial charge in [-0.25, -0.2) is 4.98 Å². The maximum Gasteiger partial charge on any atom is 0.306 e. The van der Waals surface area contributed by atoms with Crippen molar-refractivity contribution in [1.82, 2.24) is 10.3 Å². The molecule has 6 heteroatoms.